The molecule has 0 amide bonds. The number of nitrogens with one attached hydrogen (secondary N) is 2. The quantitative estimate of drug-likeness (QED) is 0.875. The van der Waals surface area contributed by atoms with Crippen molar-refractivity contribution in [1.82, 2.24) is 10.0 Å². The molecule has 3 rings (SSSR count). The highest BCUT2D eigenvalue weighted by molar-refractivity contribution is 7.90. The lowest BCUT2D eigenvalue weighted by atomic mass is 10.1. The second-order valence-corrected chi connectivity index (χ2v) is 7.60. The Morgan fingerprint density at radius 3 is 2.60 bits per heavy atom. The highest BCUT2D eigenvalue weighted by Crippen LogP contribution is 2.21. The van der Waals surface area contributed by atoms with Gasteiger partial charge in [-0.25, -0.2) is 8.42 Å². The van der Waals surface area contributed by atoms with Gasteiger partial charge in [-0.05, 0) is 36.8 Å². The summed E-state index contributed by atoms with van der Waals surface area (Å²) in [6.45, 7) is 2.73. The topological polar surface area (TPSA) is 79.8 Å². The number of hydrogen-bond acceptors (Lipinski definition) is 5. The maximum absolute atomic E-state index is 12.4. The number of aryl methyl sites for hydroxylation is 1. The van der Waals surface area contributed by atoms with Crippen LogP contribution < -0.4 is 14.8 Å². The van der Waals surface area contributed by atoms with E-state index in [1.807, 2.05) is 31.2 Å². The van der Waals surface area contributed by atoms with E-state index in [1.165, 1.54) is 0 Å². The van der Waals surface area contributed by atoms with Crippen molar-refractivity contribution in [3.05, 3.63) is 59.7 Å². The summed E-state index contributed by atoms with van der Waals surface area (Å²) < 4.78 is 32.6. The number of hydrogen-bond donors (Lipinski definition) is 2. The molecule has 0 fully saturated rings. The molecule has 1 atom stereocenters. The van der Waals surface area contributed by atoms with Crippen LogP contribution in [0.1, 0.15) is 17.2 Å². The van der Waals surface area contributed by atoms with Crippen molar-refractivity contribution in [1.29, 1.82) is 0 Å². The van der Waals surface area contributed by atoms with Gasteiger partial charge >= 0.3 is 0 Å². The first-order chi connectivity index (χ1) is 12.0. The Kier molecular flexibility index (Phi) is 5.06. The van der Waals surface area contributed by atoms with Crippen LogP contribution in [0.4, 0.5) is 0 Å². The molecule has 0 aromatic heterocycles. The Balaban J connectivity index is 1.69. The molecule has 2 aromatic rings. The lowest BCUT2D eigenvalue weighted by Crippen LogP contribution is -2.43. The Bertz CT molecular complexity index is 877. The van der Waals surface area contributed by atoms with E-state index < -0.39 is 10.0 Å². The second kappa shape index (κ2) is 7.25. The van der Waals surface area contributed by atoms with E-state index >= 15 is 0 Å². The third kappa shape index (κ3) is 4.18. The van der Waals surface area contributed by atoms with Crippen molar-refractivity contribution in [3.63, 3.8) is 0 Å². The van der Waals surface area contributed by atoms with Gasteiger partial charge in [0.05, 0.1) is 31.1 Å². The molecule has 6 nitrogen and oxygen atoms in total. The summed E-state index contributed by atoms with van der Waals surface area (Å²) in [5.41, 5.74) is 2.07. The first-order valence-corrected chi connectivity index (χ1v) is 9.46. The smallest absolute Gasteiger partial charge is 0.262 e. The van der Waals surface area contributed by atoms with Crippen LogP contribution in [0.15, 0.2) is 58.4 Å². The Labute approximate surface area is 148 Å². The third-order valence-corrected chi connectivity index (χ3v) is 5.46. The van der Waals surface area contributed by atoms with Gasteiger partial charge in [0.1, 0.15) is 11.6 Å². The van der Waals surface area contributed by atoms with Crippen LogP contribution in [0.2, 0.25) is 0 Å². The normalized spacial score (nSPS) is 17.7. The number of nitrogens with zero attached hydrogens (tertiary/aromatic N) is 1. The molecule has 1 unspecified atom stereocenters. The fourth-order valence-corrected chi connectivity index (χ4v) is 3.68. The van der Waals surface area contributed by atoms with Crippen LogP contribution >= 0.6 is 0 Å². The van der Waals surface area contributed by atoms with E-state index in [4.69, 9.17) is 4.74 Å². The molecule has 0 saturated heterocycles. The molecule has 0 bridgehead atoms. The summed E-state index contributed by atoms with van der Waals surface area (Å²) in [5, 5.41) is 3.31. The molecular weight excluding hydrogens is 338 g/mol. The van der Waals surface area contributed by atoms with Crippen molar-refractivity contribution < 1.29 is 13.2 Å². The molecule has 0 spiro atoms. The van der Waals surface area contributed by atoms with Crippen LogP contribution in [0, 0.1) is 6.92 Å². The Morgan fingerprint density at radius 1 is 1.20 bits per heavy atom. The Hall–Kier alpha value is -2.38. The van der Waals surface area contributed by atoms with Gasteiger partial charge < -0.3 is 10.1 Å². The fourth-order valence-electron chi connectivity index (χ4n) is 2.62. The monoisotopic (exact) mass is 359 g/mol. The average Bonchev–Trinajstić information content (AvgIpc) is 2.62. The van der Waals surface area contributed by atoms with E-state index in [0.29, 0.717) is 18.9 Å². The number of methoxy groups -OCH3 is 1. The predicted octanol–water partition coefficient (Wildman–Crippen LogP) is 2.02. The number of benzene rings is 2. The summed E-state index contributed by atoms with van der Waals surface area (Å²) in [5.74, 6) is 1.20. The van der Waals surface area contributed by atoms with E-state index in [2.05, 4.69) is 15.0 Å². The van der Waals surface area contributed by atoms with Gasteiger partial charge in [0.25, 0.3) is 10.0 Å². The van der Waals surface area contributed by atoms with Crippen LogP contribution in [-0.4, -0.2) is 34.5 Å². The number of sulfonamides is 1. The zero-order valence-corrected chi connectivity index (χ0v) is 15.0. The van der Waals surface area contributed by atoms with Gasteiger partial charge in [-0.3, -0.25) is 9.71 Å². The maximum atomic E-state index is 12.4. The lowest BCUT2D eigenvalue weighted by molar-refractivity contribution is 0.413. The molecule has 1 aliphatic heterocycles. The summed E-state index contributed by atoms with van der Waals surface area (Å²) in [6.07, 6.45) is 0. The van der Waals surface area contributed by atoms with Crippen LogP contribution in [-0.2, 0) is 10.0 Å². The number of rotatable bonds is 4. The van der Waals surface area contributed by atoms with Gasteiger partial charge in [0.15, 0.2) is 0 Å². The maximum Gasteiger partial charge on any atom is 0.262 e. The third-order valence-electron chi connectivity index (χ3n) is 4.06. The van der Waals surface area contributed by atoms with Gasteiger partial charge in [-0.1, -0.05) is 29.8 Å². The van der Waals surface area contributed by atoms with E-state index in [1.54, 1.807) is 31.4 Å². The minimum atomic E-state index is -3.61. The van der Waals surface area contributed by atoms with E-state index in [9.17, 15) is 8.42 Å². The van der Waals surface area contributed by atoms with Gasteiger partial charge in [-0.2, -0.15) is 0 Å². The summed E-state index contributed by atoms with van der Waals surface area (Å²) in [7, 11) is -1.98. The van der Waals surface area contributed by atoms with Crippen LogP contribution in [0.25, 0.3) is 0 Å². The largest absolute Gasteiger partial charge is 0.497 e. The highest BCUT2D eigenvalue weighted by atomic mass is 32.2. The first-order valence-electron chi connectivity index (χ1n) is 7.98. The summed E-state index contributed by atoms with van der Waals surface area (Å²) in [6, 6.07) is 14.5. The minimum Gasteiger partial charge on any atom is -0.497 e. The molecule has 2 aromatic carbocycles. The molecule has 132 valence electrons. The fraction of sp³-hybridized carbons (Fsp3) is 0.278. The van der Waals surface area contributed by atoms with Crippen LogP contribution in [0.5, 0.6) is 5.75 Å². The molecule has 0 radical (unpaired) electrons. The second-order valence-electron chi connectivity index (χ2n) is 5.92. The van der Waals surface area contributed by atoms with Crippen molar-refractivity contribution in [2.75, 3.05) is 20.2 Å². The van der Waals surface area contributed by atoms with Crippen LogP contribution in [0.3, 0.4) is 0 Å². The zero-order chi connectivity index (χ0) is 17.9. The summed E-state index contributed by atoms with van der Waals surface area (Å²) >= 11 is 0. The molecule has 1 aliphatic rings. The number of ether oxygens (including phenoxy) is 1. The minimum absolute atomic E-state index is 0.0303. The van der Waals surface area contributed by atoms with Crippen molar-refractivity contribution in [3.8, 4) is 5.75 Å². The molecule has 0 saturated carbocycles. The van der Waals surface area contributed by atoms with E-state index in [-0.39, 0.29) is 10.9 Å². The van der Waals surface area contributed by atoms with Crippen molar-refractivity contribution in [2.45, 2.75) is 17.9 Å². The molecule has 2 N–H and O–H groups in total. The summed E-state index contributed by atoms with van der Waals surface area (Å²) in [4.78, 5) is 4.63. The lowest BCUT2D eigenvalue weighted by Gasteiger charge is -2.24. The standard InChI is InChI=1S/C18H21N3O3S/c1-13-6-8-16(9-7-13)25(22,23)21-18-12-19-17(11-20-18)14-4-3-5-15(10-14)24-2/h3-10,17,19H,11-12H2,1-2H3,(H,20,21). The highest BCUT2D eigenvalue weighted by Gasteiger charge is 2.21. The first kappa shape index (κ1) is 17.4. The molecule has 0 aliphatic carbocycles. The molecule has 7 heteroatoms. The predicted molar refractivity (Wildman–Crippen MR) is 97.5 cm³/mol. The number of aliphatic imine (C=N–C) groups is 1. The molecule has 25 heavy (non-hydrogen) atoms. The van der Waals surface area contributed by atoms with Gasteiger partial charge in [-0.15, -0.1) is 0 Å². The average molecular weight is 359 g/mol. The number of amidine groups is 1. The van der Waals surface area contributed by atoms with Crippen molar-refractivity contribution >= 4 is 15.9 Å². The Morgan fingerprint density at radius 2 is 1.96 bits per heavy atom. The molecule has 1 heterocycles. The van der Waals surface area contributed by atoms with Gasteiger partial charge in [0.2, 0.25) is 0 Å². The van der Waals surface area contributed by atoms with Gasteiger partial charge in [0, 0.05) is 0 Å². The molecular formula is C18H21N3O3S. The SMILES string of the molecule is COc1cccc(C2CN=C(NS(=O)(=O)c3ccc(C)cc3)CN2)c1. The zero-order valence-electron chi connectivity index (χ0n) is 14.2. The van der Waals surface area contributed by atoms with Crippen molar-refractivity contribution in [2.24, 2.45) is 4.99 Å². The van der Waals surface area contributed by atoms with E-state index in [0.717, 1.165) is 16.9 Å².